The second-order valence-corrected chi connectivity index (χ2v) is 20.8. The highest BCUT2D eigenvalue weighted by Gasteiger charge is 2.41. The van der Waals surface area contributed by atoms with Crippen LogP contribution in [0.2, 0.25) is 0 Å². The molecule has 4 heterocycles. The van der Waals surface area contributed by atoms with Crippen LogP contribution >= 0.6 is 0 Å². The Kier molecular flexibility index (Phi) is 21.6. The van der Waals surface area contributed by atoms with E-state index in [0.29, 0.717) is 28.9 Å². The van der Waals surface area contributed by atoms with Gasteiger partial charge in [0.15, 0.2) is 0 Å². The molecule has 80 heavy (non-hydrogen) atoms. The fourth-order valence-corrected chi connectivity index (χ4v) is 9.58. The zero-order valence-corrected chi connectivity index (χ0v) is 45.5. The SMILES string of the molecule is CC(=O)N[C@H](C(=O)N[C@@H](Cc1cnc[nH]1)C(=O)N1CCC[C@H]1C(=O)N[C@@H](CC(C)C)C(=O)N[C@@H](Cc1ccccc1)C(=O)N[C@@H](CCC(N)=O)C(=O)N[C@@H](Cc1cnc[nH]1)C(=O)N[C@@H](Cc1c[nH]c2ccccc12)C(N)=O)C(C)C. The van der Waals surface area contributed by atoms with Crippen molar-refractivity contribution in [3.05, 3.63) is 108 Å². The standard InChI is InChI=1S/C55H73N15O10/c1-30(2)20-41(68-53(78)45-16-11-19-70(45)55(80)44(24-36-27-59-29-62-36)69-54(79)47(31(3)4)63-32(5)71)50(75)66-42(21-33-12-7-6-8-13-33)51(76)64-39(17-18-46(56)72)49(74)67-43(23-35-26-58-28-61-35)52(77)65-40(48(57)73)22-34-25-60-38-15-10-9-14-37(34)38/h6-10,12-15,25-31,39-45,47,60H,11,16-24H2,1-5H3,(H2,56,72)(H2,57,73)(H,58,61)(H,59,62)(H,63,71)(H,64,76)(H,65,77)(H,66,75)(H,67,74)(H,68,78)(H,69,79)/t39-,40-,41-,42-,43-,44-,45-,47-/m0/s1. The zero-order chi connectivity index (χ0) is 58.0. The van der Waals surface area contributed by atoms with E-state index in [4.69, 9.17) is 11.5 Å². The van der Waals surface area contributed by atoms with Crippen molar-refractivity contribution in [1.82, 2.24) is 67.0 Å². The normalized spacial score (nSPS) is 15.8. The van der Waals surface area contributed by atoms with E-state index in [1.54, 1.807) is 50.4 Å². The largest absolute Gasteiger partial charge is 0.370 e. The molecule has 1 saturated heterocycles. The summed E-state index contributed by atoms with van der Waals surface area (Å²) in [5.74, 6) is -7.72. The van der Waals surface area contributed by atoms with E-state index in [0.717, 1.165) is 10.9 Å². The maximum atomic E-state index is 14.6. The molecule has 1 fully saturated rings. The second kappa shape index (κ2) is 28.6. The number of imidazole rings is 2. The Morgan fingerprint density at radius 3 is 1.77 bits per heavy atom. The van der Waals surface area contributed by atoms with Crippen LogP contribution in [0.15, 0.2) is 85.8 Å². The van der Waals surface area contributed by atoms with Crippen LogP contribution in [0.1, 0.15) is 89.2 Å². The first-order valence-corrected chi connectivity index (χ1v) is 26.7. The third kappa shape index (κ3) is 17.3. The van der Waals surface area contributed by atoms with Gasteiger partial charge in [-0.3, -0.25) is 47.9 Å². The van der Waals surface area contributed by atoms with Gasteiger partial charge < -0.3 is 68.5 Å². The summed E-state index contributed by atoms with van der Waals surface area (Å²) in [5.41, 5.74) is 14.4. The molecule has 1 aliphatic rings. The Labute approximate surface area is 462 Å². The second-order valence-electron chi connectivity index (χ2n) is 20.8. The van der Waals surface area contributed by atoms with Gasteiger partial charge in [-0.25, -0.2) is 9.97 Å². The van der Waals surface area contributed by atoms with Crippen molar-refractivity contribution < 1.29 is 47.9 Å². The zero-order valence-electron chi connectivity index (χ0n) is 45.5. The number of aromatic nitrogens is 5. The van der Waals surface area contributed by atoms with Gasteiger partial charge in [-0.2, -0.15) is 0 Å². The number of aromatic amines is 3. The van der Waals surface area contributed by atoms with E-state index in [1.807, 2.05) is 38.1 Å². The number of H-pyrrole nitrogens is 3. The summed E-state index contributed by atoms with van der Waals surface area (Å²) in [6.45, 7) is 8.60. The highest BCUT2D eigenvalue weighted by molar-refractivity contribution is 5.99. The lowest BCUT2D eigenvalue weighted by Crippen LogP contribution is -2.61. The third-order valence-corrected chi connectivity index (χ3v) is 13.7. The van der Waals surface area contributed by atoms with Gasteiger partial charge in [0.05, 0.1) is 12.7 Å². The summed E-state index contributed by atoms with van der Waals surface area (Å²) in [5, 5.41) is 19.8. The molecule has 6 rings (SSSR count). The Balaban J connectivity index is 1.20. The van der Waals surface area contributed by atoms with Crippen molar-refractivity contribution in [2.24, 2.45) is 23.3 Å². The average molecular weight is 1100 g/mol. The monoisotopic (exact) mass is 1100 g/mol. The minimum absolute atomic E-state index is 0.0126. The molecule has 5 aromatic rings. The molecular formula is C55H73N15O10. The lowest BCUT2D eigenvalue weighted by atomic mass is 10.00. The minimum Gasteiger partial charge on any atom is -0.370 e. The van der Waals surface area contributed by atoms with E-state index in [2.05, 4.69) is 62.1 Å². The molecular weight excluding hydrogens is 1030 g/mol. The van der Waals surface area contributed by atoms with Crippen molar-refractivity contribution in [3.63, 3.8) is 0 Å². The molecule has 2 aromatic carbocycles. The number of likely N-dealkylation sites (tertiary alicyclic amines) is 1. The molecule has 8 atom stereocenters. The Bertz CT molecular complexity index is 2940. The quantitative estimate of drug-likeness (QED) is 0.0295. The van der Waals surface area contributed by atoms with E-state index < -0.39 is 107 Å². The van der Waals surface area contributed by atoms with Crippen LogP contribution in [0.5, 0.6) is 0 Å². The number of nitrogens with two attached hydrogens (primary N) is 2. The van der Waals surface area contributed by atoms with Crippen LogP contribution in [-0.2, 0) is 73.6 Å². The van der Waals surface area contributed by atoms with E-state index in [1.165, 1.54) is 36.9 Å². The van der Waals surface area contributed by atoms with Crippen molar-refractivity contribution in [2.75, 3.05) is 6.54 Å². The smallest absolute Gasteiger partial charge is 0.246 e. The van der Waals surface area contributed by atoms with Gasteiger partial charge in [-0.1, -0.05) is 76.2 Å². The van der Waals surface area contributed by atoms with E-state index in [-0.39, 0.29) is 69.7 Å². The van der Waals surface area contributed by atoms with Crippen molar-refractivity contribution in [1.29, 1.82) is 0 Å². The number of fused-ring (bicyclic) bond motifs is 1. The van der Waals surface area contributed by atoms with Crippen LogP contribution in [0.25, 0.3) is 10.9 Å². The van der Waals surface area contributed by atoms with E-state index in [9.17, 15) is 47.9 Å². The molecule has 10 amide bonds. The van der Waals surface area contributed by atoms with Gasteiger partial charge in [-0.05, 0) is 54.7 Å². The lowest BCUT2D eigenvalue weighted by molar-refractivity contribution is -0.142. The summed E-state index contributed by atoms with van der Waals surface area (Å²) >= 11 is 0. The highest BCUT2D eigenvalue weighted by atomic mass is 16.2. The molecule has 0 aliphatic carbocycles. The number of rotatable bonds is 29. The summed E-state index contributed by atoms with van der Waals surface area (Å²) < 4.78 is 0. The third-order valence-electron chi connectivity index (χ3n) is 13.7. The predicted molar refractivity (Wildman–Crippen MR) is 293 cm³/mol. The summed E-state index contributed by atoms with van der Waals surface area (Å²) in [6, 6.07) is 6.10. The van der Waals surface area contributed by atoms with Gasteiger partial charge in [0.1, 0.15) is 48.3 Å². The molecule has 0 saturated carbocycles. The Morgan fingerprint density at radius 2 is 1.19 bits per heavy atom. The molecule has 428 valence electrons. The summed E-state index contributed by atoms with van der Waals surface area (Å²) in [6.07, 6.45) is 7.23. The van der Waals surface area contributed by atoms with Gasteiger partial charge in [-0.15, -0.1) is 0 Å². The first-order chi connectivity index (χ1) is 38.2. The molecule has 1 aliphatic heterocycles. The first-order valence-electron chi connectivity index (χ1n) is 26.7. The van der Waals surface area contributed by atoms with Gasteiger partial charge in [0.25, 0.3) is 0 Å². The number of carbonyl (C=O) groups excluding carboxylic acids is 10. The van der Waals surface area contributed by atoms with E-state index >= 15 is 0 Å². The first kappa shape index (κ1) is 60.3. The average Bonchev–Trinajstić information content (AvgIpc) is 4.28. The van der Waals surface area contributed by atoms with Crippen LogP contribution in [0.3, 0.4) is 0 Å². The lowest BCUT2D eigenvalue weighted by Gasteiger charge is -2.31. The molecule has 14 N–H and O–H groups in total. The Hall–Kier alpha value is -8.90. The number of para-hydroxylation sites is 1. The van der Waals surface area contributed by atoms with Gasteiger partial charge >= 0.3 is 0 Å². The molecule has 0 bridgehead atoms. The topological polar surface area (TPSA) is 383 Å². The number of hydrogen-bond acceptors (Lipinski definition) is 12. The van der Waals surface area contributed by atoms with Crippen LogP contribution < -0.4 is 48.7 Å². The Morgan fingerprint density at radius 1 is 0.625 bits per heavy atom. The van der Waals surface area contributed by atoms with Crippen LogP contribution in [0, 0.1) is 11.8 Å². The number of primary amides is 2. The molecule has 0 unspecified atom stereocenters. The molecule has 25 heteroatoms. The fraction of sp³-hybridized carbons (Fsp3) is 0.455. The highest BCUT2D eigenvalue weighted by Crippen LogP contribution is 2.22. The minimum atomic E-state index is -1.51. The summed E-state index contributed by atoms with van der Waals surface area (Å²) in [7, 11) is 0. The van der Waals surface area contributed by atoms with Crippen molar-refractivity contribution >= 4 is 70.0 Å². The number of hydrogen-bond donors (Lipinski definition) is 12. The summed E-state index contributed by atoms with van der Waals surface area (Å²) in [4.78, 5) is 156. The molecule has 0 radical (unpaired) electrons. The molecule has 0 spiro atoms. The predicted octanol–water partition coefficient (Wildman–Crippen LogP) is -0.258. The molecule has 3 aromatic heterocycles. The molecule has 25 nitrogen and oxygen atoms in total. The van der Waals surface area contributed by atoms with Gasteiger partial charge in [0.2, 0.25) is 59.1 Å². The number of benzene rings is 2. The van der Waals surface area contributed by atoms with Crippen molar-refractivity contribution in [3.8, 4) is 0 Å². The van der Waals surface area contributed by atoms with Crippen LogP contribution in [0.4, 0.5) is 0 Å². The number of nitrogens with zero attached hydrogens (tertiary/aromatic N) is 3. The maximum Gasteiger partial charge on any atom is 0.246 e. The number of carbonyl (C=O) groups is 10. The van der Waals surface area contributed by atoms with Gasteiger partial charge in [0, 0.05) is 86.5 Å². The van der Waals surface area contributed by atoms with Crippen molar-refractivity contribution in [2.45, 2.75) is 141 Å². The maximum absolute atomic E-state index is 14.6. The number of amides is 10. The van der Waals surface area contributed by atoms with Crippen LogP contribution in [-0.4, -0.2) is 144 Å². The fourth-order valence-electron chi connectivity index (χ4n) is 9.58. The number of nitrogens with one attached hydrogen (secondary N) is 10.